The number of aliphatic hydroxyl groups excluding tert-OH is 1. The number of rotatable bonds is 42. The van der Waals surface area contributed by atoms with Gasteiger partial charge in [0.2, 0.25) is 0 Å². The lowest BCUT2D eigenvalue weighted by molar-refractivity contribution is -0.151. The van der Waals surface area contributed by atoms with Crippen LogP contribution in [0.3, 0.4) is 0 Å². The molecule has 0 saturated carbocycles. The summed E-state index contributed by atoms with van der Waals surface area (Å²) >= 11 is 0. The highest BCUT2D eigenvalue weighted by molar-refractivity contribution is 5.70. The van der Waals surface area contributed by atoms with Gasteiger partial charge < -0.3 is 24.1 Å². The van der Waals surface area contributed by atoms with E-state index in [1.54, 1.807) is 0 Å². The van der Waals surface area contributed by atoms with Gasteiger partial charge in [0.25, 0.3) is 0 Å². The number of ether oxygens (including phenoxy) is 4. The minimum absolute atomic E-state index is 0.00578. The maximum atomic E-state index is 12.6. The Bertz CT molecular complexity index is 877. The van der Waals surface area contributed by atoms with Crippen LogP contribution in [-0.2, 0) is 38.1 Å². The zero-order valence-electron chi connectivity index (χ0n) is 36.0. The smallest absolute Gasteiger partial charge is 0.306 e. The molecule has 0 aromatic rings. The van der Waals surface area contributed by atoms with E-state index in [-0.39, 0.29) is 62.6 Å². The van der Waals surface area contributed by atoms with Gasteiger partial charge in [-0.2, -0.15) is 0 Å². The van der Waals surface area contributed by atoms with Crippen LogP contribution in [0.15, 0.2) is 0 Å². The molecule has 0 aliphatic rings. The molecule has 9 nitrogen and oxygen atoms in total. The summed E-state index contributed by atoms with van der Waals surface area (Å²) in [5, 5.41) is 9.67. The molecule has 1 atom stereocenters. The van der Waals surface area contributed by atoms with Crippen LogP contribution in [0, 0.1) is 5.92 Å². The highest BCUT2D eigenvalue weighted by Crippen LogP contribution is 2.18. The van der Waals surface area contributed by atoms with Crippen molar-refractivity contribution < 1.29 is 43.2 Å². The maximum Gasteiger partial charge on any atom is 0.306 e. The van der Waals surface area contributed by atoms with Crippen LogP contribution in [-0.4, -0.2) is 61.5 Å². The van der Waals surface area contributed by atoms with Crippen LogP contribution >= 0.6 is 0 Å². The van der Waals surface area contributed by atoms with Gasteiger partial charge in [0.15, 0.2) is 0 Å². The van der Waals surface area contributed by atoms with Crippen molar-refractivity contribution in [1.82, 2.24) is 0 Å². The summed E-state index contributed by atoms with van der Waals surface area (Å²) in [6.07, 6.45) is 32.9. The highest BCUT2D eigenvalue weighted by Gasteiger charge is 2.16. The molecule has 55 heavy (non-hydrogen) atoms. The Labute approximate surface area is 337 Å². The average Bonchev–Trinajstić information content (AvgIpc) is 3.17. The Hall–Kier alpha value is -2.16. The molecule has 0 aliphatic carbocycles. The third-order valence-corrected chi connectivity index (χ3v) is 10.3. The number of carbonyl (C=O) groups is 4. The summed E-state index contributed by atoms with van der Waals surface area (Å²) in [6, 6.07) is 0. The lowest BCUT2D eigenvalue weighted by Gasteiger charge is -2.18. The van der Waals surface area contributed by atoms with E-state index in [1.165, 1.54) is 103 Å². The van der Waals surface area contributed by atoms with Crippen molar-refractivity contribution in [3.05, 3.63) is 0 Å². The summed E-state index contributed by atoms with van der Waals surface area (Å²) in [7, 11) is 0. The molecule has 0 saturated heterocycles. The maximum absolute atomic E-state index is 12.6. The Kier molecular flexibility index (Phi) is 39.8. The number of hydrogen-bond acceptors (Lipinski definition) is 9. The van der Waals surface area contributed by atoms with Gasteiger partial charge in [-0.25, -0.2) is 0 Å². The van der Waals surface area contributed by atoms with Gasteiger partial charge in [-0.15, -0.1) is 0 Å². The first-order valence-corrected chi connectivity index (χ1v) is 23.1. The Morgan fingerprint density at radius 3 is 1.15 bits per heavy atom. The molecule has 0 spiro atoms. The normalized spacial score (nSPS) is 11.8. The van der Waals surface area contributed by atoms with Gasteiger partial charge >= 0.3 is 23.9 Å². The second-order valence-electron chi connectivity index (χ2n) is 15.8. The van der Waals surface area contributed by atoms with Crippen molar-refractivity contribution in [2.45, 2.75) is 239 Å². The molecular formula is C46H86O9. The molecule has 0 aromatic carbocycles. The number of carbonyl (C=O) groups excluding carboxylic acids is 4. The third-order valence-electron chi connectivity index (χ3n) is 10.3. The number of aliphatic hydroxyl groups is 1. The van der Waals surface area contributed by atoms with E-state index in [1.807, 2.05) is 0 Å². The van der Waals surface area contributed by atoms with Gasteiger partial charge in [0, 0.05) is 25.7 Å². The SMILES string of the molecule is CCCCCCCCCCOC(=O)CCCCCC(=O)OCC(CO)COC(=O)CCCCCCC(=O)OC(CCCCCCCC)CCCCCCCC. The van der Waals surface area contributed by atoms with Crippen LogP contribution in [0.1, 0.15) is 233 Å². The first kappa shape index (κ1) is 52.8. The monoisotopic (exact) mass is 783 g/mol. The van der Waals surface area contributed by atoms with Crippen molar-refractivity contribution in [1.29, 1.82) is 0 Å². The van der Waals surface area contributed by atoms with Crippen LogP contribution in [0.5, 0.6) is 0 Å². The predicted molar refractivity (Wildman–Crippen MR) is 223 cm³/mol. The van der Waals surface area contributed by atoms with Gasteiger partial charge in [-0.05, 0) is 57.8 Å². The number of esters is 4. The van der Waals surface area contributed by atoms with E-state index in [9.17, 15) is 24.3 Å². The molecule has 9 heteroatoms. The standard InChI is InChI=1S/C46H86O9/c1-4-7-10-13-16-17-22-30-37-52-43(48)33-28-23-29-35-45(50)54-40-41(38-47)39-53-44(49)34-26-20-21-27-36-46(51)55-42(31-24-18-14-11-8-5-2)32-25-19-15-12-9-6-3/h41-42,47H,4-40H2,1-3H3. The zero-order chi connectivity index (χ0) is 40.5. The van der Waals surface area contributed by atoms with Crippen molar-refractivity contribution >= 4 is 23.9 Å². The lowest BCUT2D eigenvalue weighted by atomic mass is 10.0. The summed E-state index contributed by atoms with van der Waals surface area (Å²) < 4.78 is 21.9. The van der Waals surface area contributed by atoms with Gasteiger partial charge in [-0.3, -0.25) is 19.2 Å². The van der Waals surface area contributed by atoms with Crippen LogP contribution in [0.4, 0.5) is 0 Å². The second kappa shape index (κ2) is 41.5. The van der Waals surface area contributed by atoms with E-state index < -0.39 is 5.92 Å². The number of unbranched alkanes of at least 4 members (excludes halogenated alkanes) is 22. The predicted octanol–water partition coefficient (Wildman–Crippen LogP) is 12.1. The lowest BCUT2D eigenvalue weighted by Crippen LogP contribution is -2.23. The van der Waals surface area contributed by atoms with Gasteiger partial charge in [0.05, 0.1) is 32.3 Å². The van der Waals surface area contributed by atoms with Crippen molar-refractivity contribution in [3.8, 4) is 0 Å². The quantitative estimate of drug-likeness (QED) is 0.0366. The van der Waals surface area contributed by atoms with Crippen LogP contribution in [0.2, 0.25) is 0 Å². The van der Waals surface area contributed by atoms with Gasteiger partial charge in [0.1, 0.15) is 6.10 Å². The summed E-state index contributed by atoms with van der Waals surface area (Å²) in [5.74, 6) is -1.45. The van der Waals surface area contributed by atoms with E-state index >= 15 is 0 Å². The zero-order valence-corrected chi connectivity index (χ0v) is 36.0. The molecule has 0 bridgehead atoms. The Morgan fingerprint density at radius 2 is 0.727 bits per heavy atom. The molecular weight excluding hydrogens is 696 g/mol. The first-order chi connectivity index (χ1) is 26.9. The molecule has 0 fully saturated rings. The molecule has 0 heterocycles. The molecule has 1 unspecified atom stereocenters. The summed E-state index contributed by atoms with van der Waals surface area (Å²) in [4.78, 5) is 49.0. The average molecular weight is 783 g/mol. The largest absolute Gasteiger partial charge is 0.466 e. The fraction of sp³-hybridized carbons (Fsp3) is 0.913. The topological polar surface area (TPSA) is 125 Å². The van der Waals surface area contributed by atoms with E-state index in [4.69, 9.17) is 18.9 Å². The molecule has 1 N–H and O–H groups in total. The fourth-order valence-electron chi connectivity index (χ4n) is 6.63. The van der Waals surface area contributed by atoms with E-state index in [2.05, 4.69) is 20.8 Å². The van der Waals surface area contributed by atoms with E-state index in [0.717, 1.165) is 64.2 Å². The van der Waals surface area contributed by atoms with Gasteiger partial charge in [-0.1, -0.05) is 149 Å². The molecule has 0 amide bonds. The third kappa shape index (κ3) is 38.5. The molecule has 0 radical (unpaired) electrons. The fourth-order valence-corrected chi connectivity index (χ4v) is 6.63. The Balaban J connectivity index is 3.97. The molecule has 0 rings (SSSR count). The second-order valence-corrected chi connectivity index (χ2v) is 15.8. The van der Waals surface area contributed by atoms with Crippen LogP contribution < -0.4 is 0 Å². The minimum Gasteiger partial charge on any atom is -0.466 e. The molecule has 0 aliphatic heterocycles. The van der Waals surface area contributed by atoms with Crippen LogP contribution in [0.25, 0.3) is 0 Å². The van der Waals surface area contributed by atoms with Crippen molar-refractivity contribution in [2.75, 3.05) is 26.4 Å². The first-order valence-electron chi connectivity index (χ1n) is 23.1. The highest BCUT2D eigenvalue weighted by atomic mass is 16.6. The Morgan fingerprint density at radius 1 is 0.400 bits per heavy atom. The summed E-state index contributed by atoms with van der Waals surface area (Å²) in [6.45, 7) is 6.90. The molecule has 324 valence electrons. The van der Waals surface area contributed by atoms with Crippen molar-refractivity contribution in [3.63, 3.8) is 0 Å². The molecule has 0 aromatic heterocycles. The number of hydrogen-bond donors (Lipinski definition) is 1. The van der Waals surface area contributed by atoms with Crippen molar-refractivity contribution in [2.24, 2.45) is 5.92 Å². The minimum atomic E-state index is -0.472. The van der Waals surface area contributed by atoms with E-state index in [0.29, 0.717) is 38.7 Å². The summed E-state index contributed by atoms with van der Waals surface area (Å²) in [5.41, 5.74) is 0.